The maximum absolute atomic E-state index is 12.2. The molecular weight excluding hydrogens is 230 g/mol. The Morgan fingerprint density at radius 3 is 2.50 bits per heavy atom. The van der Waals surface area contributed by atoms with Crippen LogP contribution in [-0.4, -0.2) is 35.0 Å². The van der Waals surface area contributed by atoms with Gasteiger partial charge in [0.05, 0.1) is 6.04 Å². The van der Waals surface area contributed by atoms with Gasteiger partial charge >= 0.3 is 6.09 Å². The number of Topliss-reactive ketones (excluding diaryl/α,β-unsaturated/α-hetero) is 1. The molecule has 1 rings (SSSR count). The van der Waals surface area contributed by atoms with Crippen LogP contribution in [0.4, 0.5) is 4.79 Å². The fraction of sp³-hybridized carbons (Fsp3) is 0.857. The summed E-state index contributed by atoms with van der Waals surface area (Å²) in [6, 6.07) is -0.283. The van der Waals surface area contributed by atoms with Crippen molar-refractivity contribution in [3.63, 3.8) is 0 Å². The van der Waals surface area contributed by atoms with Crippen molar-refractivity contribution in [2.75, 3.05) is 6.54 Å². The van der Waals surface area contributed by atoms with Crippen LogP contribution in [0.5, 0.6) is 0 Å². The topological polar surface area (TPSA) is 46.6 Å². The fourth-order valence-electron chi connectivity index (χ4n) is 2.13. The molecule has 1 unspecified atom stereocenters. The van der Waals surface area contributed by atoms with Crippen LogP contribution in [0.25, 0.3) is 0 Å². The SMILES string of the molecule is CCC(C)C(=O)[C@H]1CCCN1C(=O)OC(C)(C)C. The molecule has 1 amide bonds. The predicted octanol–water partition coefficient (Wildman–Crippen LogP) is 3.00. The lowest BCUT2D eigenvalue weighted by molar-refractivity contribution is -0.126. The molecule has 0 spiro atoms. The molecule has 0 radical (unpaired) electrons. The maximum atomic E-state index is 12.2. The summed E-state index contributed by atoms with van der Waals surface area (Å²) in [7, 11) is 0. The molecule has 2 atom stereocenters. The molecule has 4 heteroatoms. The number of ether oxygens (including phenoxy) is 1. The second kappa shape index (κ2) is 5.72. The number of hydrogen-bond donors (Lipinski definition) is 0. The number of nitrogens with zero attached hydrogens (tertiary/aromatic N) is 1. The molecule has 0 aromatic heterocycles. The predicted molar refractivity (Wildman–Crippen MR) is 70.4 cm³/mol. The Labute approximate surface area is 110 Å². The van der Waals surface area contributed by atoms with Crippen LogP contribution in [0.15, 0.2) is 0 Å². The highest BCUT2D eigenvalue weighted by atomic mass is 16.6. The number of rotatable bonds is 3. The van der Waals surface area contributed by atoms with Gasteiger partial charge in [-0.2, -0.15) is 0 Å². The van der Waals surface area contributed by atoms with E-state index in [9.17, 15) is 9.59 Å². The summed E-state index contributed by atoms with van der Waals surface area (Å²) in [4.78, 5) is 25.8. The van der Waals surface area contributed by atoms with Crippen molar-refractivity contribution in [3.05, 3.63) is 0 Å². The molecular formula is C14H25NO3. The van der Waals surface area contributed by atoms with Crippen LogP contribution in [0.3, 0.4) is 0 Å². The van der Waals surface area contributed by atoms with Crippen molar-refractivity contribution in [1.82, 2.24) is 4.90 Å². The smallest absolute Gasteiger partial charge is 0.410 e. The minimum absolute atomic E-state index is 0.0121. The Kier molecular flexibility index (Phi) is 4.77. The van der Waals surface area contributed by atoms with E-state index in [2.05, 4.69) is 0 Å². The molecule has 0 N–H and O–H groups in total. The lowest BCUT2D eigenvalue weighted by atomic mass is 9.96. The molecule has 0 aromatic rings. The van der Waals surface area contributed by atoms with Crippen molar-refractivity contribution >= 4 is 11.9 Å². The average molecular weight is 255 g/mol. The normalized spacial score (nSPS) is 21.8. The Morgan fingerprint density at radius 1 is 1.39 bits per heavy atom. The highest BCUT2D eigenvalue weighted by Gasteiger charge is 2.37. The molecule has 1 aliphatic rings. The van der Waals surface area contributed by atoms with Crippen molar-refractivity contribution < 1.29 is 14.3 Å². The third-order valence-corrected chi connectivity index (χ3v) is 3.31. The molecule has 0 aromatic carbocycles. The van der Waals surface area contributed by atoms with Crippen LogP contribution in [0.1, 0.15) is 53.9 Å². The molecule has 104 valence electrons. The third-order valence-electron chi connectivity index (χ3n) is 3.31. The molecule has 0 bridgehead atoms. The van der Waals surface area contributed by atoms with E-state index in [0.717, 1.165) is 19.3 Å². The Morgan fingerprint density at radius 2 is 2.00 bits per heavy atom. The number of ketones is 1. The molecule has 1 aliphatic heterocycles. The molecule has 0 saturated carbocycles. The van der Waals surface area contributed by atoms with Gasteiger partial charge < -0.3 is 4.74 Å². The van der Waals surface area contributed by atoms with E-state index >= 15 is 0 Å². The Hall–Kier alpha value is -1.06. The van der Waals surface area contributed by atoms with Crippen LogP contribution < -0.4 is 0 Å². The molecule has 1 heterocycles. The summed E-state index contributed by atoms with van der Waals surface area (Å²) < 4.78 is 5.35. The maximum Gasteiger partial charge on any atom is 0.410 e. The molecule has 0 aliphatic carbocycles. The van der Waals surface area contributed by atoms with Gasteiger partial charge in [0.2, 0.25) is 0 Å². The number of amides is 1. The van der Waals surface area contributed by atoms with Gasteiger partial charge in [-0.3, -0.25) is 9.69 Å². The lowest BCUT2D eigenvalue weighted by Crippen LogP contribution is -2.44. The van der Waals surface area contributed by atoms with E-state index in [-0.39, 0.29) is 23.8 Å². The van der Waals surface area contributed by atoms with Gasteiger partial charge in [0, 0.05) is 12.5 Å². The van der Waals surface area contributed by atoms with Gasteiger partial charge in [0.25, 0.3) is 0 Å². The first-order chi connectivity index (χ1) is 8.26. The largest absolute Gasteiger partial charge is 0.444 e. The van der Waals surface area contributed by atoms with Gasteiger partial charge in [-0.15, -0.1) is 0 Å². The Balaban J connectivity index is 2.70. The number of likely N-dealkylation sites (tertiary alicyclic amines) is 1. The van der Waals surface area contributed by atoms with Crippen LogP contribution in [0, 0.1) is 5.92 Å². The zero-order chi connectivity index (χ0) is 13.9. The van der Waals surface area contributed by atoms with Gasteiger partial charge in [0.15, 0.2) is 5.78 Å². The lowest BCUT2D eigenvalue weighted by Gasteiger charge is -2.29. The van der Waals surface area contributed by atoms with Crippen molar-refractivity contribution in [2.45, 2.75) is 65.5 Å². The fourth-order valence-corrected chi connectivity index (χ4v) is 2.13. The summed E-state index contributed by atoms with van der Waals surface area (Å²) in [5, 5.41) is 0. The summed E-state index contributed by atoms with van der Waals surface area (Å²) >= 11 is 0. The minimum atomic E-state index is -0.510. The third kappa shape index (κ3) is 3.72. The first-order valence-corrected chi connectivity index (χ1v) is 6.79. The highest BCUT2D eigenvalue weighted by molar-refractivity contribution is 5.89. The second-order valence-electron chi connectivity index (χ2n) is 6.04. The van der Waals surface area contributed by atoms with Gasteiger partial charge in [-0.1, -0.05) is 13.8 Å². The van der Waals surface area contributed by atoms with E-state index in [1.54, 1.807) is 4.90 Å². The number of carbonyl (C=O) groups excluding carboxylic acids is 2. The zero-order valence-corrected chi connectivity index (χ0v) is 12.2. The zero-order valence-electron chi connectivity index (χ0n) is 12.2. The molecule has 1 saturated heterocycles. The number of hydrogen-bond acceptors (Lipinski definition) is 3. The van der Waals surface area contributed by atoms with Crippen molar-refractivity contribution in [2.24, 2.45) is 5.92 Å². The van der Waals surface area contributed by atoms with E-state index in [1.165, 1.54) is 0 Å². The van der Waals surface area contributed by atoms with E-state index in [4.69, 9.17) is 4.74 Å². The van der Waals surface area contributed by atoms with Gasteiger partial charge in [-0.05, 0) is 40.0 Å². The van der Waals surface area contributed by atoms with E-state index < -0.39 is 5.60 Å². The minimum Gasteiger partial charge on any atom is -0.444 e. The Bertz CT molecular complexity index is 319. The summed E-state index contributed by atoms with van der Waals surface area (Å²) in [6.07, 6.45) is 2.10. The molecule has 4 nitrogen and oxygen atoms in total. The quantitative estimate of drug-likeness (QED) is 0.778. The van der Waals surface area contributed by atoms with Crippen LogP contribution >= 0.6 is 0 Å². The summed E-state index contributed by atoms with van der Waals surface area (Å²) in [5.74, 6) is 0.180. The summed E-state index contributed by atoms with van der Waals surface area (Å²) in [5.41, 5.74) is -0.510. The monoisotopic (exact) mass is 255 g/mol. The summed E-state index contributed by atoms with van der Waals surface area (Å²) in [6.45, 7) is 10.1. The molecule has 1 fully saturated rings. The first kappa shape index (κ1) is 15.0. The second-order valence-corrected chi connectivity index (χ2v) is 6.04. The average Bonchev–Trinajstić information content (AvgIpc) is 2.73. The van der Waals surface area contributed by atoms with Crippen LogP contribution in [0.2, 0.25) is 0 Å². The standard InChI is InChI=1S/C14H25NO3/c1-6-10(2)12(16)11-8-7-9-15(11)13(17)18-14(3,4)5/h10-11H,6-9H2,1-5H3/t10?,11-/m1/s1. The van der Waals surface area contributed by atoms with E-state index in [1.807, 2.05) is 34.6 Å². The van der Waals surface area contributed by atoms with Crippen LogP contribution in [-0.2, 0) is 9.53 Å². The van der Waals surface area contributed by atoms with Crippen molar-refractivity contribution in [1.29, 1.82) is 0 Å². The van der Waals surface area contributed by atoms with Crippen molar-refractivity contribution in [3.8, 4) is 0 Å². The van der Waals surface area contributed by atoms with E-state index in [0.29, 0.717) is 6.54 Å². The van der Waals surface area contributed by atoms with Gasteiger partial charge in [0.1, 0.15) is 5.60 Å². The first-order valence-electron chi connectivity index (χ1n) is 6.79. The number of carbonyl (C=O) groups is 2. The highest BCUT2D eigenvalue weighted by Crippen LogP contribution is 2.24. The van der Waals surface area contributed by atoms with Gasteiger partial charge in [-0.25, -0.2) is 4.79 Å². The molecule has 18 heavy (non-hydrogen) atoms.